The van der Waals surface area contributed by atoms with Crippen LogP contribution < -0.4 is 5.32 Å². The van der Waals surface area contributed by atoms with Gasteiger partial charge in [-0.2, -0.15) is 12.6 Å². The molecular weight excluding hydrogens is 108 g/mol. The van der Waals surface area contributed by atoms with Crippen LogP contribution in [0.5, 0.6) is 0 Å². The highest BCUT2D eigenvalue weighted by Crippen LogP contribution is 1.94. The molecule has 7 heavy (non-hydrogen) atoms. The summed E-state index contributed by atoms with van der Waals surface area (Å²) in [4.78, 5) is 3.95. The molecule has 0 saturated heterocycles. The molecule has 0 aliphatic carbocycles. The Hall–Kier alpha value is -0.180. The molecule has 0 spiro atoms. The maximum atomic E-state index is 4.19. The Balaban J connectivity index is 2.32. The fourth-order valence-corrected chi connectivity index (χ4v) is 0.692. The van der Waals surface area contributed by atoms with Crippen molar-refractivity contribution in [3.8, 4) is 0 Å². The Morgan fingerprint density at radius 2 is 2.71 bits per heavy atom. The summed E-state index contributed by atoms with van der Waals surface area (Å²) in [5.41, 5.74) is 0. The van der Waals surface area contributed by atoms with Crippen LogP contribution in [0.3, 0.4) is 0 Å². The summed E-state index contributed by atoms with van der Waals surface area (Å²) < 4.78 is 0. The fraction of sp³-hybridized carbons (Fsp3) is 0.750. The fourth-order valence-electron chi connectivity index (χ4n) is 0.492. The number of nitrogens with zero attached hydrogens (tertiary/aromatic N) is 1. The largest absolute Gasteiger partial charge is 0.375 e. The summed E-state index contributed by atoms with van der Waals surface area (Å²) in [6, 6.07) is 0. The minimum Gasteiger partial charge on any atom is -0.375 e. The van der Waals surface area contributed by atoms with Gasteiger partial charge in [0.25, 0.3) is 0 Å². The molecule has 3 heteroatoms. The third-order valence-corrected chi connectivity index (χ3v) is 1.20. The first-order valence-corrected chi connectivity index (χ1v) is 2.81. The predicted octanol–water partition coefficient (Wildman–Crippen LogP) is -0.0837. The third-order valence-electron chi connectivity index (χ3n) is 0.852. The molecule has 0 saturated carbocycles. The highest BCUT2D eigenvalue weighted by atomic mass is 32.1. The van der Waals surface area contributed by atoms with Gasteiger partial charge in [-0.3, -0.25) is 4.99 Å². The maximum Gasteiger partial charge on any atom is 0.0824 e. The quantitative estimate of drug-likeness (QED) is 0.425. The Morgan fingerprint density at radius 3 is 3.00 bits per heavy atom. The SMILES string of the molecule is SC1CN=CNC1. The predicted molar refractivity (Wildman–Crippen MR) is 34.1 cm³/mol. The molecule has 1 aliphatic heterocycles. The smallest absolute Gasteiger partial charge is 0.0824 e. The normalized spacial score (nSPS) is 29.6. The van der Waals surface area contributed by atoms with Crippen molar-refractivity contribution in [2.75, 3.05) is 13.1 Å². The van der Waals surface area contributed by atoms with Crippen LogP contribution in [0.4, 0.5) is 0 Å². The van der Waals surface area contributed by atoms with E-state index >= 15 is 0 Å². The van der Waals surface area contributed by atoms with Crippen molar-refractivity contribution in [1.29, 1.82) is 0 Å². The average Bonchev–Trinajstić information content (AvgIpc) is 1.69. The van der Waals surface area contributed by atoms with Crippen LogP contribution in [0.15, 0.2) is 4.99 Å². The summed E-state index contributed by atoms with van der Waals surface area (Å²) >= 11 is 4.19. The van der Waals surface area contributed by atoms with E-state index in [0.29, 0.717) is 5.25 Å². The van der Waals surface area contributed by atoms with E-state index in [9.17, 15) is 0 Å². The highest BCUT2D eigenvalue weighted by Gasteiger charge is 2.01. The summed E-state index contributed by atoms with van der Waals surface area (Å²) in [6.45, 7) is 1.81. The first-order valence-electron chi connectivity index (χ1n) is 2.29. The van der Waals surface area contributed by atoms with Gasteiger partial charge in [0, 0.05) is 11.8 Å². The lowest BCUT2D eigenvalue weighted by molar-refractivity contribution is 0.776. The van der Waals surface area contributed by atoms with Gasteiger partial charge >= 0.3 is 0 Å². The monoisotopic (exact) mass is 116 g/mol. The summed E-state index contributed by atoms with van der Waals surface area (Å²) in [5, 5.41) is 3.39. The van der Waals surface area contributed by atoms with Gasteiger partial charge in [-0.05, 0) is 0 Å². The molecule has 0 aromatic carbocycles. The molecule has 0 bridgehead atoms. The van der Waals surface area contributed by atoms with Gasteiger partial charge in [-0.1, -0.05) is 0 Å². The molecule has 0 aromatic heterocycles. The standard InChI is InChI=1S/C4H8N2S/c7-4-1-5-3-6-2-4/h3-4,7H,1-2H2,(H,5,6). The number of thiol groups is 1. The van der Waals surface area contributed by atoms with E-state index in [1.807, 2.05) is 0 Å². The first kappa shape index (κ1) is 4.97. The molecule has 1 heterocycles. The van der Waals surface area contributed by atoms with Crippen molar-refractivity contribution in [2.45, 2.75) is 5.25 Å². The summed E-state index contributed by atoms with van der Waals surface area (Å²) in [6.07, 6.45) is 1.73. The van der Waals surface area contributed by atoms with Crippen LogP contribution >= 0.6 is 12.6 Å². The van der Waals surface area contributed by atoms with Gasteiger partial charge in [-0.15, -0.1) is 0 Å². The van der Waals surface area contributed by atoms with E-state index in [-0.39, 0.29) is 0 Å². The minimum atomic E-state index is 0.421. The molecule has 1 unspecified atom stereocenters. The Labute approximate surface area is 48.4 Å². The zero-order valence-corrected chi connectivity index (χ0v) is 4.86. The lowest BCUT2D eigenvalue weighted by Crippen LogP contribution is -2.28. The number of hydrogen-bond acceptors (Lipinski definition) is 3. The lowest BCUT2D eigenvalue weighted by atomic mass is 10.4. The molecule has 1 N–H and O–H groups in total. The van der Waals surface area contributed by atoms with Crippen molar-refractivity contribution in [3.63, 3.8) is 0 Å². The highest BCUT2D eigenvalue weighted by molar-refractivity contribution is 7.81. The van der Waals surface area contributed by atoms with Crippen LogP contribution in [0.25, 0.3) is 0 Å². The molecule has 1 aliphatic rings. The van der Waals surface area contributed by atoms with Crippen molar-refractivity contribution >= 4 is 19.0 Å². The number of hydrogen-bond donors (Lipinski definition) is 2. The van der Waals surface area contributed by atoms with Crippen LogP contribution in [-0.4, -0.2) is 24.7 Å². The molecule has 0 aromatic rings. The van der Waals surface area contributed by atoms with Crippen LogP contribution in [0.1, 0.15) is 0 Å². The van der Waals surface area contributed by atoms with Crippen molar-refractivity contribution in [3.05, 3.63) is 0 Å². The van der Waals surface area contributed by atoms with Crippen molar-refractivity contribution < 1.29 is 0 Å². The van der Waals surface area contributed by atoms with E-state index in [2.05, 4.69) is 22.9 Å². The van der Waals surface area contributed by atoms with Gasteiger partial charge in [0.15, 0.2) is 0 Å². The lowest BCUT2D eigenvalue weighted by Gasteiger charge is -2.10. The maximum absolute atomic E-state index is 4.19. The van der Waals surface area contributed by atoms with Crippen molar-refractivity contribution in [1.82, 2.24) is 5.32 Å². The van der Waals surface area contributed by atoms with Gasteiger partial charge in [0.2, 0.25) is 0 Å². The minimum absolute atomic E-state index is 0.421. The zero-order chi connectivity index (χ0) is 5.11. The summed E-state index contributed by atoms with van der Waals surface area (Å²) in [7, 11) is 0. The van der Waals surface area contributed by atoms with E-state index in [1.54, 1.807) is 6.34 Å². The average molecular weight is 116 g/mol. The number of aliphatic imine (C=N–C) groups is 1. The Kier molecular flexibility index (Phi) is 1.57. The molecule has 40 valence electrons. The van der Waals surface area contributed by atoms with E-state index in [4.69, 9.17) is 0 Å². The van der Waals surface area contributed by atoms with Crippen LogP contribution in [-0.2, 0) is 0 Å². The molecule has 0 radical (unpaired) electrons. The molecular formula is C4H8N2S. The van der Waals surface area contributed by atoms with E-state index < -0.39 is 0 Å². The number of nitrogens with one attached hydrogen (secondary N) is 1. The van der Waals surface area contributed by atoms with Gasteiger partial charge < -0.3 is 5.32 Å². The second-order valence-electron chi connectivity index (χ2n) is 1.56. The number of rotatable bonds is 0. The molecule has 0 amide bonds. The van der Waals surface area contributed by atoms with E-state index in [0.717, 1.165) is 13.1 Å². The van der Waals surface area contributed by atoms with Crippen molar-refractivity contribution in [2.24, 2.45) is 4.99 Å². The third kappa shape index (κ3) is 1.39. The van der Waals surface area contributed by atoms with Gasteiger partial charge in [0.05, 0.1) is 12.9 Å². The molecule has 1 atom stereocenters. The van der Waals surface area contributed by atoms with Crippen LogP contribution in [0, 0.1) is 0 Å². The van der Waals surface area contributed by atoms with Gasteiger partial charge in [0.1, 0.15) is 0 Å². The van der Waals surface area contributed by atoms with E-state index in [1.165, 1.54) is 0 Å². The molecule has 2 nitrogen and oxygen atoms in total. The molecule has 1 rings (SSSR count). The Morgan fingerprint density at radius 1 is 1.86 bits per heavy atom. The Bertz CT molecular complexity index is 81.8. The second-order valence-corrected chi connectivity index (χ2v) is 2.29. The zero-order valence-electron chi connectivity index (χ0n) is 3.96. The molecule has 0 fully saturated rings. The first-order chi connectivity index (χ1) is 3.39. The summed E-state index contributed by atoms with van der Waals surface area (Å²) in [5.74, 6) is 0. The van der Waals surface area contributed by atoms with Crippen LogP contribution in [0.2, 0.25) is 0 Å². The second kappa shape index (κ2) is 2.21. The topological polar surface area (TPSA) is 24.4 Å². The van der Waals surface area contributed by atoms with Gasteiger partial charge in [-0.25, -0.2) is 0 Å².